The third-order valence-electron chi connectivity index (χ3n) is 4.63. The van der Waals surface area contributed by atoms with Crippen LogP contribution in [0.1, 0.15) is 35.2 Å². The first-order chi connectivity index (χ1) is 13.1. The second kappa shape index (κ2) is 9.11. The summed E-state index contributed by atoms with van der Waals surface area (Å²) in [6.07, 6.45) is 2.01. The molecule has 0 radical (unpaired) electrons. The van der Waals surface area contributed by atoms with Gasteiger partial charge in [0.15, 0.2) is 0 Å². The second-order valence-electron chi connectivity index (χ2n) is 7.05. The van der Waals surface area contributed by atoms with Gasteiger partial charge in [0, 0.05) is 11.9 Å². The summed E-state index contributed by atoms with van der Waals surface area (Å²) in [6, 6.07) is 11.4. The fraction of sp³-hybridized carbons (Fsp3) is 0.381. The zero-order valence-electron chi connectivity index (χ0n) is 17.2. The highest BCUT2D eigenvalue weighted by atomic mass is 32.2. The number of likely N-dealkylation sites (N-methyl/N-ethyl adjacent to an activating group) is 1. The Morgan fingerprint density at radius 2 is 1.64 bits per heavy atom. The molecule has 0 spiro atoms. The highest BCUT2D eigenvalue weighted by molar-refractivity contribution is 7.98. The molecule has 0 fully saturated rings. The lowest BCUT2D eigenvalue weighted by molar-refractivity contribution is -0.121. The quantitative estimate of drug-likeness (QED) is 0.692. The van der Waals surface area contributed by atoms with Gasteiger partial charge in [0.05, 0.1) is 17.5 Å². The van der Waals surface area contributed by atoms with Gasteiger partial charge in [-0.15, -0.1) is 11.8 Å². The third kappa shape index (κ3) is 5.16. The number of benzene rings is 2. The molecule has 1 N–H and O–H groups in total. The Morgan fingerprint density at radius 3 is 2.14 bits per heavy atom. The molecule has 0 aliphatic rings. The van der Waals surface area contributed by atoms with Crippen molar-refractivity contribution in [1.82, 2.24) is 9.62 Å². The number of amides is 1. The second-order valence-corrected chi connectivity index (χ2v) is 9.91. The molecular weight excluding hydrogens is 392 g/mol. The number of rotatable bonds is 7. The normalized spacial score (nSPS) is 12.8. The van der Waals surface area contributed by atoms with Gasteiger partial charge in [-0.2, -0.15) is 4.31 Å². The summed E-state index contributed by atoms with van der Waals surface area (Å²) >= 11 is 1.65. The van der Waals surface area contributed by atoms with Gasteiger partial charge in [-0.3, -0.25) is 4.79 Å². The van der Waals surface area contributed by atoms with E-state index in [1.807, 2.05) is 56.5 Å². The third-order valence-corrected chi connectivity index (χ3v) is 7.49. The number of sulfonamides is 1. The van der Waals surface area contributed by atoms with Gasteiger partial charge in [0.2, 0.25) is 15.9 Å². The van der Waals surface area contributed by atoms with E-state index in [2.05, 4.69) is 5.32 Å². The first-order valence-electron chi connectivity index (χ1n) is 9.03. The Hall–Kier alpha value is -1.83. The lowest BCUT2D eigenvalue weighted by Crippen LogP contribution is -2.39. The van der Waals surface area contributed by atoms with Gasteiger partial charge in [-0.05, 0) is 62.8 Å². The molecule has 7 heteroatoms. The fourth-order valence-electron chi connectivity index (χ4n) is 3.28. The molecule has 152 valence electrons. The number of carbonyl (C=O) groups is 1. The maximum absolute atomic E-state index is 13.0. The van der Waals surface area contributed by atoms with Crippen molar-refractivity contribution in [3.05, 3.63) is 58.7 Å². The molecule has 0 aliphatic carbocycles. The monoisotopic (exact) mass is 420 g/mol. The van der Waals surface area contributed by atoms with Crippen LogP contribution in [0.3, 0.4) is 0 Å². The van der Waals surface area contributed by atoms with Gasteiger partial charge in [0.25, 0.3) is 0 Å². The fourth-order valence-corrected chi connectivity index (χ4v) is 5.22. The Balaban J connectivity index is 2.10. The molecule has 0 aromatic heterocycles. The number of hydrogen-bond donors (Lipinski definition) is 1. The molecule has 0 unspecified atom stereocenters. The summed E-state index contributed by atoms with van der Waals surface area (Å²) in [5, 5.41) is 2.87. The van der Waals surface area contributed by atoms with Crippen molar-refractivity contribution in [3.8, 4) is 0 Å². The molecule has 0 saturated carbocycles. The van der Waals surface area contributed by atoms with Crippen LogP contribution >= 0.6 is 11.8 Å². The number of carbonyl (C=O) groups excluding carboxylic acids is 1. The van der Waals surface area contributed by atoms with E-state index >= 15 is 0 Å². The van der Waals surface area contributed by atoms with Gasteiger partial charge in [0.1, 0.15) is 0 Å². The Kier molecular flexibility index (Phi) is 7.31. The summed E-state index contributed by atoms with van der Waals surface area (Å²) in [5.74, 6) is -0.338. The summed E-state index contributed by atoms with van der Waals surface area (Å²) in [6.45, 7) is 7.14. The van der Waals surface area contributed by atoms with Crippen LogP contribution in [0.2, 0.25) is 0 Å². The molecule has 2 aromatic carbocycles. The van der Waals surface area contributed by atoms with Crippen LogP contribution in [-0.4, -0.2) is 38.5 Å². The SMILES string of the molecule is CSc1ccc([C@@H](C)NC(=O)CN(C)S(=O)(=O)c2c(C)cc(C)cc2C)cc1. The number of hydrogen-bond acceptors (Lipinski definition) is 4. The smallest absolute Gasteiger partial charge is 0.243 e. The summed E-state index contributed by atoms with van der Waals surface area (Å²) in [7, 11) is -2.32. The minimum Gasteiger partial charge on any atom is -0.348 e. The molecular formula is C21H28N2O3S2. The number of nitrogens with one attached hydrogen (secondary N) is 1. The number of nitrogens with zero attached hydrogens (tertiary/aromatic N) is 1. The van der Waals surface area contributed by atoms with Gasteiger partial charge in [-0.25, -0.2) is 8.42 Å². The van der Waals surface area contributed by atoms with Crippen molar-refractivity contribution in [2.24, 2.45) is 0 Å². The first kappa shape index (κ1) is 22.5. The molecule has 1 amide bonds. The zero-order valence-corrected chi connectivity index (χ0v) is 18.9. The minimum absolute atomic E-state index is 0.206. The van der Waals surface area contributed by atoms with E-state index in [1.54, 1.807) is 25.6 Å². The van der Waals surface area contributed by atoms with E-state index in [0.29, 0.717) is 11.1 Å². The first-order valence-corrected chi connectivity index (χ1v) is 11.7. The van der Waals surface area contributed by atoms with Gasteiger partial charge >= 0.3 is 0 Å². The van der Waals surface area contributed by atoms with E-state index in [1.165, 1.54) is 7.05 Å². The van der Waals surface area contributed by atoms with Crippen LogP contribution in [0.4, 0.5) is 0 Å². The van der Waals surface area contributed by atoms with Crippen molar-refractivity contribution in [1.29, 1.82) is 0 Å². The molecule has 2 rings (SSSR count). The summed E-state index contributed by atoms with van der Waals surface area (Å²) in [5.41, 5.74) is 3.36. The van der Waals surface area contributed by atoms with Crippen LogP contribution in [0, 0.1) is 20.8 Å². The average Bonchev–Trinajstić information content (AvgIpc) is 2.60. The maximum Gasteiger partial charge on any atom is 0.243 e. The van der Waals surface area contributed by atoms with Crippen molar-refractivity contribution in [3.63, 3.8) is 0 Å². The van der Waals surface area contributed by atoms with E-state index in [4.69, 9.17) is 0 Å². The molecule has 1 atom stereocenters. The topological polar surface area (TPSA) is 66.5 Å². The number of thioether (sulfide) groups is 1. The minimum atomic E-state index is -3.75. The Labute approximate surface area is 172 Å². The lowest BCUT2D eigenvalue weighted by atomic mass is 10.1. The van der Waals surface area contributed by atoms with E-state index < -0.39 is 10.0 Å². The van der Waals surface area contributed by atoms with Gasteiger partial charge < -0.3 is 5.32 Å². The summed E-state index contributed by atoms with van der Waals surface area (Å²) in [4.78, 5) is 13.9. The van der Waals surface area contributed by atoms with Crippen molar-refractivity contribution in [2.75, 3.05) is 19.8 Å². The van der Waals surface area contributed by atoms with Crippen molar-refractivity contribution < 1.29 is 13.2 Å². The molecule has 5 nitrogen and oxygen atoms in total. The predicted octanol–water partition coefficient (Wildman–Crippen LogP) is 3.83. The van der Waals surface area contributed by atoms with E-state index in [0.717, 1.165) is 20.3 Å². The van der Waals surface area contributed by atoms with Crippen LogP contribution in [0.5, 0.6) is 0 Å². The highest BCUT2D eigenvalue weighted by Gasteiger charge is 2.27. The summed E-state index contributed by atoms with van der Waals surface area (Å²) < 4.78 is 27.1. The van der Waals surface area contributed by atoms with Crippen LogP contribution in [-0.2, 0) is 14.8 Å². The standard InChI is InChI=1S/C21H28N2O3S2/c1-14-11-15(2)21(16(3)12-14)28(25,26)23(5)13-20(24)22-17(4)18-7-9-19(27-6)10-8-18/h7-12,17H,13H2,1-6H3,(H,22,24)/t17-/m1/s1. The predicted molar refractivity (Wildman–Crippen MR) is 115 cm³/mol. The lowest BCUT2D eigenvalue weighted by Gasteiger charge is -2.21. The van der Waals surface area contributed by atoms with Gasteiger partial charge in [-0.1, -0.05) is 29.8 Å². The van der Waals surface area contributed by atoms with E-state index in [-0.39, 0.29) is 23.4 Å². The zero-order chi connectivity index (χ0) is 21.1. The Bertz CT molecular complexity index is 931. The van der Waals surface area contributed by atoms with Crippen molar-refractivity contribution >= 4 is 27.7 Å². The molecule has 28 heavy (non-hydrogen) atoms. The number of aryl methyl sites for hydroxylation is 3. The molecule has 0 bridgehead atoms. The average molecular weight is 421 g/mol. The molecule has 0 heterocycles. The van der Waals surface area contributed by atoms with E-state index in [9.17, 15) is 13.2 Å². The molecule has 2 aromatic rings. The van der Waals surface area contributed by atoms with Crippen LogP contribution in [0.25, 0.3) is 0 Å². The molecule has 0 saturated heterocycles. The maximum atomic E-state index is 13.0. The van der Waals surface area contributed by atoms with Crippen molar-refractivity contribution in [2.45, 2.75) is 43.5 Å². The van der Waals surface area contributed by atoms with Crippen LogP contribution in [0.15, 0.2) is 46.2 Å². The molecule has 0 aliphatic heterocycles. The van der Waals surface area contributed by atoms with Crippen LogP contribution < -0.4 is 5.32 Å². The highest BCUT2D eigenvalue weighted by Crippen LogP contribution is 2.24. The largest absolute Gasteiger partial charge is 0.348 e. The Morgan fingerprint density at radius 1 is 1.11 bits per heavy atom.